The maximum absolute atomic E-state index is 13.1. The average Bonchev–Trinajstić information content (AvgIpc) is 2.16. The molecule has 0 radical (unpaired) electrons. The van der Waals surface area contributed by atoms with Crippen molar-refractivity contribution >= 4 is 23.4 Å². The summed E-state index contributed by atoms with van der Waals surface area (Å²) in [5.41, 5.74) is -0.457. The Bertz CT molecular complexity index is 369. The highest BCUT2D eigenvalue weighted by Gasteiger charge is 2.23. The zero-order valence-corrected chi connectivity index (χ0v) is 7.97. The number of hydrogen-bond acceptors (Lipinski definition) is 3. The molecule has 0 saturated heterocycles. The molecule has 0 aliphatic rings. The van der Waals surface area contributed by atoms with E-state index >= 15 is 0 Å². The number of Topliss-reactive ketones (excluding diaryl/α,β-unsaturated/α-hetero) is 1. The number of benzene rings is 1. The minimum Gasteiger partial charge on any atom is -0.463 e. The standard InChI is InChI=1S/C9H6ClFO3/c1-14-9(13)8(12)7-5(10)3-2-4-6(7)11/h2-4H,1H3. The highest BCUT2D eigenvalue weighted by Crippen LogP contribution is 2.19. The fourth-order valence-corrected chi connectivity index (χ4v) is 1.16. The third kappa shape index (κ3) is 1.90. The fourth-order valence-electron chi connectivity index (χ4n) is 0.909. The van der Waals surface area contributed by atoms with E-state index < -0.39 is 23.1 Å². The number of rotatable bonds is 2. The van der Waals surface area contributed by atoms with Crippen molar-refractivity contribution in [2.75, 3.05) is 7.11 Å². The fraction of sp³-hybridized carbons (Fsp3) is 0.111. The maximum atomic E-state index is 13.1. The van der Waals surface area contributed by atoms with Gasteiger partial charge in [-0.15, -0.1) is 0 Å². The Morgan fingerprint density at radius 3 is 2.57 bits per heavy atom. The molecule has 0 unspecified atom stereocenters. The van der Waals surface area contributed by atoms with Gasteiger partial charge in [-0.3, -0.25) is 4.79 Å². The van der Waals surface area contributed by atoms with Crippen molar-refractivity contribution in [2.24, 2.45) is 0 Å². The van der Waals surface area contributed by atoms with Crippen molar-refractivity contribution in [2.45, 2.75) is 0 Å². The Hall–Kier alpha value is -1.42. The second-order valence-electron chi connectivity index (χ2n) is 2.42. The Morgan fingerprint density at radius 1 is 1.43 bits per heavy atom. The molecule has 0 aromatic heterocycles. The first-order valence-electron chi connectivity index (χ1n) is 3.64. The minimum absolute atomic E-state index is 0.111. The monoisotopic (exact) mass is 216 g/mol. The first kappa shape index (κ1) is 10.7. The van der Waals surface area contributed by atoms with Gasteiger partial charge in [0.25, 0.3) is 5.78 Å². The summed E-state index contributed by atoms with van der Waals surface area (Å²) >= 11 is 5.56. The summed E-state index contributed by atoms with van der Waals surface area (Å²) in [5.74, 6) is -3.07. The second kappa shape index (κ2) is 4.19. The average molecular weight is 217 g/mol. The topological polar surface area (TPSA) is 43.4 Å². The summed E-state index contributed by atoms with van der Waals surface area (Å²) in [5, 5.41) is -0.111. The Labute approximate surface area is 84.4 Å². The molecule has 0 heterocycles. The molecule has 0 atom stereocenters. The molecule has 74 valence electrons. The Morgan fingerprint density at radius 2 is 2.07 bits per heavy atom. The van der Waals surface area contributed by atoms with E-state index in [9.17, 15) is 14.0 Å². The van der Waals surface area contributed by atoms with Crippen LogP contribution in [0.3, 0.4) is 0 Å². The second-order valence-corrected chi connectivity index (χ2v) is 2.82. The molecule has 0 spiro atoms. The molecule has 0 saturated carbocycles. The number of esters is 1. The van der Waals surface area contributed by atoms with E-state index in [1.54, 1.807) is 0 Å². The number of carbonyl (C=O) groups is 2. The van der Waals surface area contributed by atoms with Crippen molar-refractivity contribution in [3.05, 3.63) is 34.6 Å². The van der Waals surface area contributed by atoms with Gasteiger partial charge >= 0.3 is 5.97 Å². The van der Waals surface area contributed by atoms with Gasteiger partial charge in [-0.2, -0.15) is 0 Å². The number of halogens is 2. The minimum atomic E-state index is -1.14. The molecule has 1 aromatic carbocycles. The molecule has 0 aliphatic heterocycles. The van der Waals surface area contributed by atoms with Crippen LogP contribution in [-0.2, 0) is 9.53 Å². The third-order valence-electron chi connectivity index (χ3n) is 1.56. The summed E-state index contributed by atoms with van der Waals surface area (Å²) in [6.45, 7) is 0. The number of methoxy groups -OCH3 is 1. The van der Waals surface area contributed by atoms with Crippen LogP contribution in [-0.4, -0.2) is 18.9 Å². The van der Waals surface area contributed by atoms with Gasteiger partial charge in [-0.25, -0.2) is 9.18 Å². The lowest BCUT2D eigenvalue weighted by Gasteiger charge is -2.02. The predicted octanol–water partition coefficient (Wildman–Crippen LogP) is 1.83. The SMILES string of the molecule is COC(=O)C(=O)c1c(F)cccc1Cl. The first-order valence-corrected chi connectivity index (χ1v) is 4.02. The molecule has 0 bridgehead atoms. The molecule has 14 heavy (non-hydrogen) atoms. The number of hydrogen-bond donors (Lipinski definition) is 0. The van der Waals surface area contributed by atoms with Crippen LogP contribution in [0.5, 0.6) is 0 Å². The predicted molar refractivity (Wildman–Crippen MR) is 47.8 cm³/mol. The Balaban J connectivity index is 3.19. The van der Waals surface area contributed by atoms with Crippen LogP contribution < -0.4 is 0 Å². The molecule has 3 nitrogen and oxygen atoms in total. The van der Waals surface area contributed by atoms with Crippen molar-refractivity contribution in [3.63, 3.8) is 0 Å². The molecule has 1 rings (SSSR count). The Kier molecular flexibility index (Phi) is 3.19. The molecular weight excluding hydrogens is 211 g/mol. The largest absolute Gasteiger partial charge is 0.463 e. The lowest BCUT2D eigenvalue weighted by molar-refractivity contribution is -0.135. The normalized spacial score (nSPS) is 9.64. The van der Waals surface area contributed by atoms with E-state index in [4.69, 9.17) is 11.6 Å². The van der Waals surface area contributed by atoms with E-state index in [1.165, 1.54) is 12.1 Å². The van der Waals surface area contributed by atoms with Gasteiger partial charge in [0.15, 0.2) is 0 Å². The van der Waals surface area contributed by atoms with Crippen LogP contribution in [0.2, 0.25) is 5.02 Å². The van der Waals surface area contributed by atoms with Gasteiger partial charge < -0.3 is 4.74 Å². The van der Waals surface area contributed by atoms with Crippen LogP contribution in [0.1, 0.15) is 10.4 Å². The number of ether oxygens (including phenoxy) is 1. The van der Waals surface area contributed by atoms with Crippen LogP contribution in [0.4, 0.5) is 4.39 Å². The highest BCUT2D eigenvalue weighted by molar-refractivity contribution is 6.45. The third-order valence-corrected chi connectivity index (χ3v) is 1.88. The lowest BCUT2D eigenvalue weighted by Crippen LogP contribution is -2.17. The molecule has 0 aliphatic carbocycles. The molecule has 0 N–H and O–H groups in total. The smallest absolute Gasteiger partial charge is 0.379 e. The van der Waals surface area contributed by atoms with Crippen molar-refractivity contribution in [1.29, 1.82) is 0 Å². The summed E-state index contributed by atoms with van der Waals surface area (Å²) in [4.78, 5) is 22.0. The van der Waals surface area contributed by atoms with Gasteiger partial charge in [0.1, 0.15) is 5.82 Å². The van der Waals surface area contributed by atoms with Gasteiger partial charge in [-0.05, 0) is 12.1 Å². The van der Waals surface area contributed by atoms with E-state index in [1.807, 2.05) is 0 Å². The number of carbonyl (C=O) groups excluding carboxylic acids is 2. The van der Waals surface area contributed by atoms with Crippen LogP contribution in [0, 0.1) is 5.82 Å². The quantitative estimate of drug-likeness (QED) is 0.430. The van der Waals surface area contributed by atoms with E-state index in [2.05, 4.69) is 4.74 Å². The highest BCUT2D eigenvalue weighted by atomic mass is 35.5. The number of ketones is 1. The van der Waals surface area contributed by atoms with Crippen LogP contribution in [0.15, 0.2) is 18.2 Å². The van der Waals surface area contributed by atoms with E-state index in [-0.39, 0.29) is 5.02 Å². The first-order chi connectivity index (χ1) is 6.57. The van der Waals surface area contributed by atoms with Crippen LogP contribution >= 0.6 is 11.6 Å². The molecule has 0 fully saturated rings. The van der Waals surface area contributed by atoms with Crippen molar-refractivity contribution in [1.82, 2.24) is 0 Å². The lowest BCUT2D eigenvalue weighted by atomic mass is 10.1. The zero-order valence-electron chi connectivity index (χ0n) is 7.21. The van der Waals surface area contributed by atoms with Gasteiger partial charge in [0, 0.05) is 0 Å². The molecule has 1 aromatic rings. The molecular formula is C9H6ClFO3. The summed E-state index contributed by atoms with van der Waals surface area (Å²) in [7, 11) is 1.04. The molecule has 0 amide bonds. The van der Waals surface area contributed by atoms with Crippen molar-refractivity contribution < 1.29 is 18.7 Å². The van der Waals surface area contributed by atoms with Crippen molar-refractivity contribution in [3.8, 4) is 0 Å². The van der Waals surface area contributed by atoms with Gasteiger partial charge in [0.05, 0.1) is 17.7 Å². The summed E-state index contributed by atoms with van der Waals surface area (Å²) in [6.07, 6.45) is 0. The molecule has 5 heteroatoms. The summed E-state index contributed by atoms with van der Waals surface area (Å²) in [6, 6.07) is 3.70. The van der Waals surface area contributed by atoms with Gasteiger partial charge in [-0.1, -0.05) is 17.7 Å². The van der Waals surface area contributed by atoms with Gasteiger partial charge in [0.2, 0.25) is 0 Å². The summed E-state index contributed by atoms with van der Waals surface area (Å²) < 4.78 is 17.2. The van der Waals surface area contributed by atoms with E-state index in [0.29, 0.717) is 0 Å². The maximum Gasteiger partial charge on any atom is 0.379 e. The zero-order chi connectivity index (χ0) is 10.7. The van der Waals surface area contributed by atoms with Crippen LogP contribution in [0.25, 0.3) is 0 Å². The van der Waals surface area contributed by atoms with E-state index in [0.717, 1.165) is 13.2 Å².